The second kappa shape index (κ2) is 7.04. The molecular formula is C13H11F5N2O. The van der Waals surface area contributed by atoms with E-state index in [0.717, 1.165) is 12.1 Å². The predicted octanol–water partition coefficient (Wildman–Crippen LogP) is 1.77. The highest BCUT2D eigenvalue weighted by molar-refractivity contribution is 5.94. The summed E-state index contributed by atoms with van der Waals surface area (Å²) in [6, 6.07) is 3.22. The maximum Gasteiger partial charge on any atom is 0.324 e. The van der Waals surface area contributed by atoms with Crippen molar-refractivity contribution < 1.29 is 26.7 Å². The largest absolute Gasteiger partial charge is 0.346 e. The zero-order chi connectivity index (χ0) is 16.0. The Labute approximate surface area is 117 Å². The Balaban J connectivity index is 2.80. The summed E-state index contributed by atoms with van der Waals surface area (Å²) >= 11 is 0. The van der Waals surface area contributed by atoms with Gasteiger partial charge < -0.3 is 11.1 Å². The second-order valence-corrected chi connectivity index (χ2v) is 3.94. The van der Waals surface area contributed by atoms with Crippen molar-refractivity contribution in [2.75, 3.05) is 13.1 Å². The molecule has 0 atom stereocenters. The fraction of sp³-hybridized carbons (Fsp3) is 0.308. The van der Waals surface area contributed by atoms with E-state index in [2.05, 4.69) is 11.8 Å². The van der Waals surface area contributed by atoms with Gasteiger partial charge in [0.1, 0.15) is 5.82 Å². The van der Waals surface area contributed by atoms with Crippen molar-refractivity contribution in [3.8, 4) is 11.8 Å². The molecule has 0 aliphatic carbocycles. The molecule has 0 saturated heterocycles. The van der Waals surface area contributed by atoms with Crippen LogP contribution in [0, 0.1) is 17.7 Å². The molecule has 0 bridgehead atoms. The molecule has 8 heteroatoms. The molecule has 21 heavy (non-hydrogen) atoms. The number of alkyl halides is 4. The van der Waals surface area contributed by atoms with E-state index in [4.69, 9.17) is 5.73 Å². The summed E-state index contributed by atoms with van der Waals surface area (Å²) < 4.78 is 62.7. The van der Waals surface area contributed by atoms with Crippen LogP contribution in [0.4, 0.5) is 22.0 Å². The van der Waals surface area contributed by atoms with Crippen LogP contribution in [0.1, 0.15) is 15.9 Å². The molecule has 0 aromatic heterocycles. The average Bonchev–Trinajstić information content (AvgIpc) is 2.42. The maximum absolute atomic E-state index is 13.6. The Morgan fingerprint density at radius 2 is 2.05 bits per heavy atom. The van der Waals surface area contributed by atoms with Gasteiger partial charge >= 0.3 is 12.3 Å². The van der Waals surface area contributed by atoms with Gasteiger partial charge in [-0.1, -0.05) is 11.8 Å². The van der Waals surface area contributed by atoms with Crippen molar-refractivity contribution in [1.29, 1.82) is 0 Å². The fourth-order valence-corrected chi connectivity index (χ4v) is 1.30. The first-order valence-corrected chi connectivity index (χ1v) is 5.70. The Kier molecular flexibility index (Phi) is 5.67. The zero-order valence-corrected chi connectivity index (χ0v) is 10.6. The zero-order valence-electron chi connectivity index (χ0n) is 10.6. The molecule has 1 aromatic carbocycles. The predicted molar refractivity (Wildman–Crippen MR) is 65.6 cm³/mol. The van der Waals surface area contributed by atoms with Gasteiger partial charge in [-0.2, -0.15) is 8.78 Å². The lowest BCUT2D eigenvalue weighted by molar-refractivity contribution is -0.123. The number of nitrogens with two attached hydrogens (primary N) is 1. The minimum absolute atomic E-state index is 0.0621. The third-order valence-electron chi connectivity index (χ3n) is 2.35. The standard InChI is InChI=1S/C13H11F5N2O/c14-10-6-8(2-1-5-19)3-4-9(10)11(21)20-7-13(17,18)12(15)16/h3-4,6,12H,5,7,19H2,(H,20,21). The molecule has 0 spiro atoms. The number of benzene rings is 1. The SMILES string of the molecule is NCC#Cc1ccc(C(=O)NCC(F)(F)C(F)F)c(F)c1. The molecule has 0 fully saturated rings. The van der Waals surface area contributed by atoms with Gasteiger partial charge in [-0.25, -0.2) is 13.2 Å². The van der Waals surface area contributed by atoms with Gasteiger partial charge in [-0.15, -0.1) is 0 Å². The van der Waals surface area contributed by atoms with Crippen LogP contribution in [0.3, 0.4) is 0 Å². The van der Waals surface area contributed by atoms with E-state index >= 15 is 0 Å². The van der Waals surface area contributed by atoms with Crippen molar-refractivity contribution >= 4 is 5.91 Å². The van der Waals surface area contributed by atoms with Crippen molar-refractivity contribution in [1.82, 2.24) is 5.32 Å². The summed E-state index contributed by atoms with van der Waals surface area (Å²) in [4.78, 5) is 11.5. The molecule has 114 valence electrons. The lowest BCUT2D eigenvalue weighted by Crippen LogP contribution is -2.41. The first kappa shape index (κ1) is 16.9. The Hall–Kier alpha value is -2.14. The quantitative estimate of drug-likeness (QED) is 0.658. The van der Waals surface area contributed by atoms with Gasteiger partial charge in [0.25, 0.3) is 5.91 Å². The molecule has 1 rings (SSSR count). The Bertz CT molecular complexity index is 578. The number of carbonyl (C=O) groups is 1. The van der Waals surface area contributed by atoms with Crippen LogP contribution in [0.15, 0.2) is 18.2 Å². The first-order valence-electron chi connectivity index (χ1n) is 5.70. The summed E-state index contributed by atoms with van der Waals surface area (Å²) in [7, 11) is 0. The lowest BCUT2D eigenvalue weighted by atomic mass is 10.1. The van der Waals surface area contributed by atoms with Crippen molar-refractivity contribution in [2.45, 2.75) is 12.3 Å². The van der Waals surface area contributed by atoms with Gasteiger partial charge in [0.05, 0.1) is 18.7 Å². The van der Waals surface area contributed by atoms with E-state index < -0.39 is 36.2 Å². The molecule has 3 nitrogen and oxygen atoms in total. The van der Waals surface area contributed by atoms with E-state index in [1.807, 2.05) is 0 Å². The van der Waals surface area contributed by atoms with Crippen molar-refractivity contribution in [3.05, 3.63) is 35.1 Å². The highest BCUT2D eigenvalue weighted by Crippen LogP contribution is 2.21. The maximum atomic E-state index is 13.6. The minimum Gasteiger partial charge on any atom is -0.346 e. The van der Waals surface area contributed by atoms with Crippen LogP contribution in [0.5, 0.6) is 0 Å². The normalized spacial score (nSPS) is 11.0. The smallest absolute Gasteiger partial charge is 0.324 e. The van der Waals surface area contributed by atoms with E-state index in [0.29, 0.717) is 0 Å². The van der Waals surface area contributed by atoms with E-state index in [1.54, 1.807) is 5.32 Å². The highest BCUT2D eigenvalue weighted by Gasteiger charge is 2.40. The number of rotatable bonds is 4. The summed E-state index contributed by atoms with van der Waals surface area (Å²) in [6.07, 6.45) is -3.92. The van der Waals surface area contributed by atoms with Gasteiger partial charge in [-0.05, 0) is 18.2 Å². The average molecular weight is 306 g/mol. The van der Waals surface area contributed by atoms with Gasteiger partial charge in [0.15, 0.2) is 0 Å². The number of nitrogens with one attached hydrogen (secondary N) is 1. The summed E-state index contributed by atoms with van der Waals surface area (Å²) in [5, 5.41) is 1.56. The number of halogens is 5. The molecular weight excluding hydrogens is 295 g/mol. The Morgan fingerprint density at radius 3 is 2.57 bits per heavy atom. The van der Waals surface area contributed by atoms with Crippen LogP contribution in [0.25, 0.3) is 0 Å². The van der Waals surface area contributed by atoms with Crippen molar-refractivity contribution in [2.24, 2.45) is 5.73 Å². The fourth-order valence-electron chi connectivity index (χ4n) is 1.30. The highest BCUT2D eigenvalue weighted by atomic mass is 19.3. The van der Waals surface area contributed by atoms with E-state index in [1.165, 1.54) is 6.07 Å². The summed E-state index contributed by atoms with van der Waals surface area (Å²) in [5.74, 6) is -1.61. The monoisotopic (exact) mass is 306 g/mol. The molecule has 0 aliphatic rings. The summed E-state index contributed by atoms with van der Waals surface area (Å²) in [5.41, 5.74) is 4.83. The molecule has 3 N–H and O–H groups in total. The molecule has 1 aromatic rings. The first-order chi connectivity index (χ1) is 9.77. The molecule has 0 unspecified atom stereocenters. The van der Waals surface area contributed by atoms with Gasteiger partial charge in [0.2, 0.25) is 0 Å². The van der Waals surface area contributed by atoms with Crippen LogP contribution in [-0.2, 0) is 0 Å². The second-order valence-electron chi connectivity index (χ2n) is 3.94. The van der Waals surface area contributed by atoms with Gasteiger partial charge in [-0.3, -0.25) is 4.79 Å². The van der Waals surface area contributed by atoms with Crippen LogP contribution < -0.4 is 11.1 Å². The van der Waals surface area contributed by atoms with Gasteiger partial charge in [0, 0.05) is 5.56 Å². The topological polar surface area (TPSA) is 55.1 Å². The molecule has 0 radical (unpaired) electrons. The van der Waals surface area contributed by atoms with Crippen LogP contribution >= 0.6 is 0 Å². The minimum atomic E-state index is -4.38. The number of carbonyl (C=O) groups excluding carboxylic acids is 1. The lowest BCUT2D eigenvalue weighted by Gasteiger charge is -2.15. The molecule has 1 amide bonds. The van der Waals surface area contributed by atoms with Crippen LogP contribution in [0.2, 0.25) is 0 Å². The van der Waals surface area contributed by atoms with Crippen molar-refractivity contribution in [3.63, 3.8) is 0 Å². The third-order valence-corrected chi connectivity index (χ3v) is 2.35. The van der Waals surface area contributed by atoms with E-state index in [-0.39, 0.29) is 12.1 Å². The molecule has 0 saturated carbocycles. The number of amides is 1. The van der Waals surface area contributed by atoms with Crippen LogP contribution in [-0.4, -0.2) is 31.3 Å². The summed E-state index contributed by atoms with van der Waals surface area (Å²) in [6.45, 7) is -1.52. The molecule has 0 aliphatic heterocycles. The number of hydrogen-bond acceptors (Lipinski definition) is 2. The molecule has 0 heterocycles. The Morgan fingerprint density at radius 1 is 1.38 bits per heavy atom. The van der Waals surface area contributed by atoms with E-state index in [9.17, 15) is 26.7 Å². The number of hydrogen-bond donors (Lipinski definition) is 2. The third kappa shape index (κ3) is 4.72.